The number of carbonyl (C=O) groups is 1. The Hall–Kier alpha value is -3.20. The Morgan fingerprint density at radius 2 is 1.78 bits per heavy atom. The molecule has 0 bridgehead atoms. The summed E-state index contributed by atoms with van der Waals surface area (Å²) in [6, 6.07) is 10.2. The first-order chi connectivity index (χ1) is 12.9. The highest BCUT2D eigenvalue weighted by Gasteiger charge is 2.30. The molecule has 0 aliphatic carbocycles. The number of halogens is 3. The van der Waals surface area contributed by atoms with Gasteiger partial charge < -0.3 is 5.32 Å². The predicted octanol–water partition coefficient (Wildman–Crippen LogP) is 4.18. The molecule has 1 aliphatic heterocycles. The lowest BCUT2D eigenvalue weighted by Crippen LogP contribution is -2.16. The highest BCUT2D eigenvalue weighted by atomic mass is 19.4. The minimum Gasteiger partial charge on any atom is -0.306 e. The largest absolute Gasteiger partial charge is 0.416 e. The minimum atomic E-state index is -4.37. The lowest BCUT2D eigenvalue weighted by Gasteiger charge is -2.11. The number of alkyl halides is 3. The number of hydrogen-bond donors (Lipinski definition) is 1. The van der Waals surface area contributed by atoms with Gasteiger partial charge in [-0.1, -0.05) is 24.3 Å². The molecule has 0 atom stereocenters. The second-order valence-corrected chi connectivity index (χ2v) is 5.97. The van der Waals surface area contributed by atoms with Crippen LogP contribution in [0.3, 0.4) is 0 Å². The molecule has 0 fully saturated rings. The number of rotatable bonds is 4. The molecule has 1 aromatic heterocycles. The molecule has 1 N–H and O–H groups in total. The summed E-state index contributed by atoms with van der Waals surface area (Å²) in [5, 5.41) is 11.0. The Morgan fingerprint density at radius 3 is 2.59 bits per heavy atom. The van der Waals surface area contributed by atoms with Crippen LogP contribution < -0.4 is 5.32 Å². The first-order valence-corrected chi connectivity index (χ1v) is 8.04. The second kappa shape index (κ2) is 6.51. The van der Waals surface area contributed by atoms with Gasteiger partial charge in [0, 0.05) is 6.54 Å². The predicted molar refractivity (Wildman–Crippen MR) is 90.4 cm³/mol. The van der Waals surface area contributed by atoms with Crippen LogP contribution in [0.4, 0.5) is 19.0 Å². The van der Waals surface area contributed by atoms with E-state index in [4.69, 9.17) is 0 Å². The van der Waals surface area contributed by atoms with E-state index in [0.29, 0.717) is 33.7 Å². The van der Waals surface area contributed by atoms with Crippen LogP contribution >= 0.6 is 0 Å². The molecule has 0 saturated heterocycles. The van der Waals surface area contributed by atoms with Gasteiger partial charge in [0.25, 0.3) is 5.91 Å². The third kappa shape index (κ3) is 3.41. The van der Waals surface area contributed by atoms with Gasteiger partial charge in [-0.05, 0) is 23.8 Å². The van der Waals surface area contributed by atoms with Crippen LogP contribution in [0, 0.1) is 0 Å². The molecule has 2 heterocycles. The Morgan fingerprint density at radius 1 is 0.963 bits per heavy atom. The van der Waals surface area contributed by atoms with E-state index in [1.54, 1.807) is 24.3 Å². The molecule has 6 nitrogen and oxygen atoms in total. The molecular formula is C18H12F3N5O. The van der Waals surface area contributed by atoms with Gasteiger partial charge in [-0.15, -0.1) is 10.2 Å². The highest BCUT2D eigenvalue weighted by Crippen LogP contribution is 2.31. The van der Waals surface area contributed by atoms with Crippen molar-refractivity contribution in [1.29, 1.82) is 0 Å². The molecule has 1 amide bonds. The number of amides is 1. The summed E-state index contributed by atoms with van der Waals surface area (Å²) in [7, 11) is 0. The van der Waals surface area contributed by atoms with Gasteiger partial charge in [-0.2, -0.15) is 13.2 Å². The molecule has 9 heteroatoms. The topological polar surface area (TPSA) is 79.6 Å². The second-order valence-electron chi connectivity index (χ2n) is 5.97. The normalized spacial score (nSPS) is 13.4. The number of azo groups is 1. The van der Waals surface area contributed by atoms with E-state index >= 15 is 0 Å². The number of nitrogens with one attached hydrogen (secondary N) is 1. The fraction of sp³-hybridized carbons (Fsp3) is 0.167. The van der Waals surface area contributed by atoms with E-state index in [2.05, 4.69) is 25.5 Å². The number of benzene rings is 2. The van der Waals surface area contributed by atoms with Gasteiger partial charge in [0.2, 0.25) is 0 Å². The van der Waals surface area contributed by atoms with Crippen molar-refractivity contribution in [3.63, 3.8) is 0 Å². The van der Waals surface area contributed by atoms with Gasteiger partial charge in [0.15, 0.2) is 5.82 Å². The molecule has 1 aliphatic rings. The van der Waals surface area contributed by atoms with E-state index in [-0.39, 0.29) is 13.1 Å². The molecule has 2 aromatic carbocycles. The van der Waals surface area contributed by atoms with Crippen molar-refractivity contribution < 1.29 is 18.0 Å². The fourth-order valence-electron chi connectivity index (χ4n) is 2.86. The van der Waals surface area contributed by atoms with E-state index in [1.807, 2.05) is 0 Å². The van der Waals surface area contributed by atoms with Crippen LogP contribution in [0.1, 0.15) is 27.3 Å². The minimum absolute atomic E-state index is 0.223. The molecule has 0 unspecified atom stereocenters. The van der Waals surface area contributed by atoms with Gasteiger partial charge >= 0.3 is 6.18 Å². The zero-order valence-corrected chi connectivity index (χ0v) is 13.8. The maximum Gasteiger partial charge on any atom is 0.416 e. The lowest BCUT2D eigenvalue weighted by molar-refractivity contribution is -0.137. The van der Waals surface area contributed by atoms with Crippen LogP contribution in [0.2, 0.25) is 0 Å². The van der Waals surface area contributed by atoms with Gasteiger partial charge in [0.1, 0.15) is 5.82 Å². The summed E-state index contributed by atoms with van der Waals surface area (Å²) in [6.45, 7) is 0.452. The van der Waals surface area contributed by atoms with Crippen molar-refractivity contribution >= 4 is 22.6 Å². The van der Waals surface area contributed by atoms with Crippen LogP contribution in [0.15, 0.2) is 52.7 Å². The van der Waals surface area contributed by atoms with Crippen LogP contribution in [0.5, 0.6) is 0 Å². The monoisotopic (exact) mass is 371 g/mol. The van der Waals surface area contributed by atoms with E-state index < -0.39 is 17.6 Å². The summed E-state index contributed by atoms with van der Waals surface area (Å²) in [5.74, 6) is 0.285. The third-order valence-corrected chi connectivity index (χ3v) is 4.08. The standard InChI is InChI=1S/C18H12F3N5O/c19-18(20,21)11-4-1-3-10(7-11)8-22-9-14-23-13-6-2-5-12-15(13)16(24-14)25-26-17(12)27/h1-7,22H,8-9H2. The average Bonchev–Trinajstić information content (AvgIpc) is 2.64. The first-order valence-electron chi connectivity index (χ1n) is 8.04. The molecule has 136 valence electrons. The van der Waals surface area contributed by atoms with Gasteiger partial charge in [-0.3, -0.25) is 4.79 Å². The lowest BCUT2D eigenvalue weighted by atomic mass is 10.1. The zero-order chi connectivity index (χ0) is 19.0. The van der Waals surface area contributed by atoms with E-state index in [0.717, 1.165) is 12.1 Å². The maximum absolute atomic E-state index is 12.8. The smallest absolute Gasteiger partial charge is 0.306 e. The average molecular weight is 371 g/mol. The van der Waals surface area contributed by atoms with Crippen LogP contribution in [-0.4, -0.2) is 15.9 Å². The summed E-state index contributed by atoms with van der Waals surface area (Å²) in [6.07, 6.45) is -4.37. The highest BCUT2D eigenvalue weighted by molar-refractivity contribution is 6.11. The summed E-state index contributed by atoms with van der Waals surface area (Å²) in [5.41, 5.74) is 0.784. The number of hydrogen-bond acceptors (Lipinski definition) is 5. The fourth-order valence-corrected chi connectivity index (χ4v) is 2.86. The third-order valence-electron chi connectivity index (χ3n) is 4.08. The van der Waals surface area contributed by atoms with Crippen molar-refractivity contribution in [2.75, 3.05) is 0 Å². The summed E-state index contributed by atoms with van der Waals surface area (Å²) < 4.78 is 38.3. The van der Waals surface area contributed by atoms with E-state index in [9.17, 15) is 18.0 Å². The van der Waals surface area contributed by atoms with Crippen molar-refractivity contribution in [2.45, 2.75) is 19.3 Å². The van der Waals surface area contributed by atoms with Crippen molar-refractivity contribution in [3.8, 4) is 0 Å². The number of aromatic nitrogens is 2. The molecule has 4 rings (SSSR count). The summed E-state index contributed by atoms with van der Waals surface area (Å²) >= 11 is 0. The maximum atomic E-state index is 12.8. The Balaban J connectivity index is 1.52. The number of carbonyl (C=O) groups excluding carboxylic acids is 1. The zero-order valence-electron chi connectivity index (χ0n) is 13.8. The molecule has 3 aromatic rings. The molecule has 0 radical (unpaired) electrons. The van der Waals surface area contributed by atoms with Crippen molar-refractivity contribution in [3.05, 3.63) is 65.0 Å². The SMILES string of the molecule is O=C1N=Nc2nc(CNCc3cccc(C(F)(F)F)c3)nc3cccc1c23. The molecule has 0 saturated carbocycles. The molecule has 27 heavy (non-hydrogen) atoms. The van der Waals surface area contributed by atoms with Gasteiger partial charge in [-0.25, -0.2) is 9.97 Å². The van der Waals surface area contributed by atoms with Crippen molar-refractivity contribution in [1.82, 2.24) is 15.3 Å². The summed E-state index contributed by atoms with van der Waals surface area (Å²) in [4.78, 5) is 20.5. The van der Waals surface area contributed by atoms with Crippen LogP contribution in [0.25, 0.3) is 10.9 Å². The first kappa shape index (κ1) is 17.2. The quantitative estimate of drug-likeness (QED) is 0.746. The number of nitrogens with zero attached hydrogens (tertiary/aromatic N) is 4. The van der Waals surface area contributed by atoms with Crippen molar-refractivity contribution in [2.24, 2.45) is 10.2 Å². The van der Waals surface area contributed by atoms with Gasteiger partial charge in [0.05, 0.1) is 28.6 Å². The van der Waals surface area contributed by atoms with E-state index in [1.165, 1.54) is 6.07 Å². The Bertz CT molecular complexity index is 1080. The Kier molecular flexibility index (Phi) is 4.15. The molecular weight excluding hydrogens is 359 g/mol. The van der Waals surface area contributed by atoms with Crippen LogP contribution in [-0.2, 0) is 19.3 Å². The Labute approximate surface area is 151 Å². The molecule has 0 spiro atoms.